The fourth-order valence-electron chi connectivity index (χ4n) is 3.39. The molecule has 2 aliphatic heterocycles. The second-order valence-electron chi connectivity index (χ2n) is 6.23. The van der Waals surface area contributed by atoms with Crippen LogP contribution in [0.1, 0.15) is 35.3 Å². The highest BCUT2D eigenvalue weighted by atomic mass is 16.5. The predicted molar refractivity (Wildman–Crippen MR) is 88.8 cm³/mol. The van der Waals surface area contributed by atoms with Gasteiger partial charge in [-0.2, -0.15) is 0 Å². The third-order valence-corrected chi connectivity index (χ3v) is 4.58. The van der Waals surface area contributed by atoms with Crippen LogP contribution in [0.4, 0.5) is 5.69 Å². The van der Waals surface area contributed by atoms with E-state index >= 15 is 0 Å². The summed E-state index contributed by atoms with van der Waals surface area (Å²) >= 11 is 0. The first-order valence-electron chi connectivity index (χ1n) is 7.75. The molecule has 0 aliphatic carbocycles. The molecule has 1 saturated heterocycles. The van der Waals surface area contributed by atoms with Gasteiger partial charge >= 0.3 is 0 Å². The molecule has 2 aromatic carbocycles. The third kappa shape index (κ3) is 2.19. The Kier molecular flexibility index (Phi) is 3.17. The molecular formula is C20H19NO. The summed E-state index contributed by atoms with van der Waals surface area (Å²) in [4.78, 5) is 2.10. The average molecular weight is 289 g/mol. The van der Waals surface area contributed by atoms with Crippen LogP contribution in [0.15, 0.2) is 48.5 Å². The van der Waals surface area contributed by atoms with E-state index in [1.54, 1.807) is 0 Å². The SMILES string of the molecule is CN(C)c1ccc(C#C[C@H]2CC3OC2c2ccccc23)cc1. The molecular weight excluding hydrogens is 270 g/mol. The Labute approximate surface area is 131 Å². The van der Waals surface area contributed by atoms with Crippen LogP contribution in [0.25, 0.3) is 0 Å². The smallest absolute Gasteiger partial charge is 0.0975 e. The number of rotatable bonds is 1. The molecule has 0 spiro atoms. The molecule has 2 bridgehead atoms. The maximum atomic E-state index is 6.09. The molecule has 3 atom stereocenters. The van der Waals surface area contributed by atoms with Crippen molar-refractivity contribution in [3.8, 4) is 11.8 Å². The van der Waals surface area contributed by atoms with Crippen LogP contribution in [0.3, 0.4) is 0 Å². The Hall–Kier alpha value is -2.24. The maximum absolute atomic E-state index is 6.09. The summed E-state index contributed by atoms with van der Waals surface area (Å²) in [6.45, 7) is 0. The van der Waals surface area contributed by atoms with Gasteiger partial charge in [0.2, 0.25) is 0 Å². The monoisotopic (exact) mass is 289 g/mol. The normalized spacial score (nSPS) is 24.5. The maximum Gasteiger partial charge on any atom is 0.0975 e. The topological polar surface area (TPSA) is 12.5 Å². The minimum absolute atomic E-state index is 0.162. The Morgan fingerprint density at radius 3 is 2.45 bits per heavy atom. The highest BCUT2D eigenvalue weighted by molar-refractivity contribution is 5.50. The lowest BCUT2D eigenvalue weighted by Crippen LogP contribution is -2.09. The summed E-state index contributed by atoms with van der Waals surface area (Å²) in [5, 5.41) is 0. The zero-order valence-electron chi connectivity index (χ0n) is 12.9. The molecule has 0 aromatic heterocycles. The lowest BCUT2D eigenvalue weighted by Gasteiger charge is -2.16. The van der Waals surface area contributed by atoms with Gasteiger partial charge in [0.25, 0.3) is 0 Å². The van der Waals surface area contributed by atoms with Gasteiger partial charge in [-0.3, -0.25) is 0 Å². The van der Waals surface area contributed by atoms with Crippen molar-refractivity contribution in [3.63, 3.8) is 0 Å². The number of nitrogens with zero attached hydrogens (tertiary/aromatic N) is 1. The molecule has 2 heteroatoms. The lowest BCUT2D eigenvalue weighted by atomic mass is 9.84. The molecule has 110 valence electrons. The van der Waals surface area contributed by atoms with E-state index in [9.17, 15) is 0 Å². The first-order chi connectivity index (χ1) is 10.7. The van der Waals surface area contributed by atoms with Crippen molar-refractivity contribution in [2.45, 2.75) is 18.6 Å². The van der Waals surface area contributed by atoms with Crippen LogP contribution in [-0.4, -0.2) is 14.1 Å². The molecule has 0 amide bonds. The van der Waals surface area contributed by atoms with Crippen molar-refractivity contribution in [3.05, 3.63) is 65.2 Å². The number of hydrogen-bond donors (Lipinski definition) is 0. The van der Waals surface area contributed by atoms with Crippen molar-refractivity contribution in [2.75, 3.05) is 19.0 Å². The predicted octanol–water partition coefficient (Wildman–Crippen LogP) is 3.94. The fraction of sp³-hybridized carbons (Fsp3) is 0.300. The number of ether oxygens (including phenoxy) is 1. The van der Waals surface area contributed by atoms with Crippen molar-refractivity contribution in [1.82, 2.24) is 0 Å². The van der Waals surface area contributed by atoms with Gasteiger partial charge < -0.3 is 9.64 Å². The van der Waals surface area contributed by atoms with Crippen molar-refractivity contribution in [1.29, 1.82) is 0 Å². The summed E-state index contributed by atoms with van der Waals surface area (Å²) in [6.07, 6.45) is 1.43. The first-order valence-corrected chi connectivity index (χ1v) is 7.75. The summed E-state index contributed by atoms with van der Waals surface area (Å²) in [7, 11) is 4.09. The quantitative estimate of drug-likeness (QED) is 0.737. The van der Waals surface area contributed by atoms with E-state index in [-0.39, 0.29) is 12.2 Å². The number of fused-ring (bicyclic) bond motifs is 5. The van der Waals surface area contributed by atoms with E-state index in [0.717, 1.165) is 12.0 Å². The van der Waals surface area contributed by atoms with E-state index < -0.39 is 0 Å². The molecule has 0 radical (unpaired) electrons. The minimum atomic E-state index is 0.162. The molecule has 0 saturated carbocycles. The van der Waals surface area contributed by atoms with Crippen molar-refractivity contribution in [2.24, 2.45) is 5.92 Å². The van der Waals surface area contributed by atoms with Crippen LogP contribution >= 0.6 is 0 Å². The number of anilines is 1. The van der Waals surface area contributed by atoms with Gasteiger partial charge in [0.1, 0.15) is 0 Å². The van der Waals surface area contributed by atoms with Gasteiger partial charge in [0, 0.05) is 25.3 Å². The van der Waals surface area contributed by atoms with Crippen LogP contribution in [0.2, 0.25) is 0 Å². The van der Waals surface area contributed by atoms with Gasteiger partial charge in [-0.1, -0.05) is 36.1 Å². The summed E-state index contributed by atoms with van der Waals surface area (Å²) in [5.74, 6) is 7.06. The largest absolute Gasteiger partial charge is 0.378 e. The van der Waals surface area contributed by atoms with Crippen LogP contribution in [-0.2, 0) is 4.74 Å². The van der Waals surface area contributed by atoms with Crippen LogP contribution < -0.4 is 4.90 Å². The van der Waals surface area contributed by atoms with Crippen molar-refractivity contribution < 1.29 is 4.74 Å². The lowest BCUT2D eigenvalue weighted by molar-refractivity contribution is 0.0657. The molecule has 2 aliphatic rings. The number of benzene rings is 2. The Balaban J connectivity index is 1.55. The number of hydrogen-bond acceptors (Lipinski definition) is 2. The van der Waals surface area contributed by atoms with Gasteiger partial charge in [0.15, 0.2) is 0 Å². The van der Waals surface area contributed by atoms with Gasteiger partial charge in [0.05, 0.1) is 18.1 Å². The summed E-state index contributed by atoms with van der Waals surface area (Å²) < 4.78 is 6.09. The molecule has 2 heterocycles. The molecule has 22 heavy (non-hydrogen) atoms. The second-order valence-corrected chi connectivity index (χ2v) is 6.23. The third-order valence-electron chi connectivity index (χ3n) is 4.58. The van der Waals surface area contributed by atoms with Crippen molar-refractivity contribution >= 4 is 5.69 Å². The van der Waals surface area contributed by atoms with E-state index in [2.05, 4.69) is 65.3 Å². The van der Waals surface area contributed by atoms with Crippen LogP contribution in [0, 0.1) is 17.8 Å². The van der Waals surface area contributed by atoms with Gasteiger partial charge in [-0.05, 0) is 41.8 Å². The van der Waals surface area contributed by atoms with E-state index in [4.69, 9.17) is 4.74 Å². The second kappa shape index (κ2) is 5.19. The highest BCUT2D eigenvalue weighted by Crippen LogP contribution is 2.53. The molecule has 0 N–H and O–H groups in total. The standard InChI is InChI=1S/C20H19NO/c1-21(2)16-11-8-14(9-12-16)7-10-15-13-19-17-5-3-4-6-18(17)20(15)22-19/h3-6,8-9,11-12,15,19-20H,13H2,1-2H3/t15-,19?,20?/m0/s1. The Bertz CT molecular complexity index is 751. The van der Waals surface area contributed by atoms with E-state index in [0.29, 0.717) is 5.92 Å². The van der Waals surface area contributed by atoms with Gasteiger partial charge in [-0.15, -0.1) is 0 Å². The minimum Gasteiger partial charge on any atom is -0.378 e. The first kappa shape index (κ1) is 13.4. The van der Waals surface area contributed by atoms with E-state index in [1.807, 2.05) is 14.1 Å². The fourth-order valence-corrected chi connectivity index (χ4v) is 3.39. The summed E-state index contributed by atoms with van der Waals surface area (Å²) in [5.41, 5.74) is 4.96. The van der Waals surface area contributed by atoms with Gasteiger partial charge in [-0.25, -0.2) is 0 Å². The highest BCUT2D eigenvalue weighted by Gasteiger charge is 2.44. The molecule has 2 unspecified atom stereocenters. The Morgan fingerprint density at radius 2 is 1.73 bits per heavy atom. The average Bonchev–Trinajstić information content (AvgIpc) is 3.12. The van der Waals surface area contributed by atoms with E-state index in [1.165, 1.54) is 16.8 Å². The zero-order chi connectivity index (χ0) is 15.1. The molecule has 2 nitrogen and oxygen atoms in total. The van der Waals surface area contributed by atoms with Crippen LogP contribution in [0.5, 0.6) is 0 Å². The molecule has 2 aromatic rings. The zero-order valence-corrected chi connectivity index (χ0v) is 12.9. The Morgan fingerprint density at radius 1 is 1.00 bits per heavy atom. The molecule has 4 rings (SSSR count). The summed E-state index contributed by atoms with van der Waals surface area (Å²) in [6, 6.07) is 16.9. The molecule has 1 fully saturated rings.